The molecule has 0 aliphatic carbocycles. The highest BCUT2D eigenvalue weighted by molar-refractivity contribution is 6.26. The SMILES string of the molecule is COc1ccccc1C(=O)N1C(=O)[C@@H]2CCCCN2C(=O)c2ccccc21. The van der Waals surface area contributed by atoms with E-state index in [1.807, 2.05) is 0 Å². The number of nitrogens with zero attached hydrogens (tertiary/aromatic N) is 2. The first-order valence-electron chi connectivity index (χ1n) is 9.05. The molecule has 3 amide bonds. The fourth-order valence-electron chi connectivity index (χ4n) is 3.85. The van der Waals surface area contributed by atoms with E-state index in [1.165, 1.54) is 7.11 Å². The molecule has 1 fully saturated rings. The van der Waals surface area contributed by atoms with Crippen LogP contribution in [0.1, 0.15) is 40.0 Å². The van der Waals surface area contributed by atoms with Crippen LogP contribution in [-0.4, -0.2) is 42.3 Å². The van der Waals surface area contributed by atoms with E-state index in [2.05, 4.69) is 0 Å². The van der Waals surface area contributed by atoms with Crippen molar-refractivity contribution in [2.45, 2.75) is 25.3 Å². The number of hydrogen-bond donors (Lipinski definition) is 0. The highest BCUT2D eigenvalue weighted by Gasteiger charge is 2.43. The van der Waals surface area contributed by atoms with E-state index in [0.29, 0.717) is 35.5 Å². The van der Waals surface area contributed by atoms with Crippen molar-refractivity contribution < 1.29 is 19.1 Å². The Labute approximate surface area is 157 Å². The summed E-state index contributed by atoms with van der Waals surface area (Å²) in [5, 5.41) is 0. The molecule has 2 aromatic rings. The fraction of sp³-hybridized carbons (Fsp3) is 0.286. The van der Waals surface area contributed by atoms with Gasteiger partial charge in [-0.3, -0.25) is 14.4 Å². The number of amides is 3. The Balaban J connectivity index is 1.87. The number of carbonyl (C=O) groups is 3. The maximum Gasteiger partial charge on any atom is 0.268 e. The van der Waals surface area contributed by atoms with Crippen LogP contribution in [0.4, 0.5) is 5.69 Å². The van der Waals surface area contributed by atoms with Gasteiger partial charge in [0.05, 0.1) is 23.9 Å². The molecule has 0 aromatic heterocycles. The van der Waals surface area contributed by atoms with Crippen molar-refractivity contribution >= 4 is 23.4 Å². The molecule has 27 heavy (non-hydrogen) atoms. The second kappa shape index (κ2) is 6.87. The number of methoxy groups -OCH3 is 1. The van der Waals surface area contributed by atoms with Crippen molar-refractivity contribution in [3.05, 3.63) is 59.7 Å². The molecule has 1 atom stereocenters. The lowest BCUT2D eigenvalue weighted by molar-refractivity contribution is -0.123. The molecular formula is C21H20N2O4. The lowest BCUT2D eigenvalue weighted by Crippen LogP contribution is -2.52. The molecule has 6 nitrogen and oxygen atoms in total. The van der Waals surface area contributed by atoms with Crippen molar-refractivity contribution in [2.75, 3.05) is 18.6 Å². The summed E-state index contributed by atoms with van der Waals surface area (Å²) in [6.07, 6.45) is 2.28. The highest BCUT2D eigenvalue weighted by atomic mass is 16.5. The fourth-order valence-corrected chi connectivity index (χ4v) is 3.85. The molecular weight excluding hydrogens is 344 g/mol. The van der Waals surface area contributed by atoms with E-state index < -0.39 is 11.9 Å². The van der Waals surface area contributed by atoms with Crippen molar-refractivity contribution in [1.29, 1.82) is 0 Å². The van der Waals surface area contributed by atoms with Crippen LogP contribution in [0.2, 0.25) is 0 Å². The van der Waals surface area contributed by atoms with Crippen molar-refractivity contribution in [3.8, 4) is 5.75 Å². The number of para-hydroxylation sites is 2. The van der Waals surface area contributed by atoms with Crippen molar-refractivity contribution in [3.63, 3.8) is 0 Å². The minimum Gasteiger partial charge on any atom is -0.496 e. The molecule has 0 unspecified atom stereocenters. The van der Waals surface area contributed by atoms with Gasteiger partial charge < -0.3 is 9.64 Å². The molecule has 1 saturated heterocycles. The smallest absolute Gasteiger partial charge is 0.268 e. The highest BCUT2D eigenvalue weighted by Crippen LogP contribution is 2.33. The molecule has 4 rings (SSSR count). The quantitative estimate of drug-likeness (QED) is 0.769. The molecule has 2 heterocycles. The predicted octanol–water partition coefficient (Wildman–Crippen LogP) is 2.88. The first-order chi connectivity index (χ1) is 13.1. The Morgan fingerprint density at radius 1 is 1.04 bits per heavy atom. The molecule has 0 N–H and O–H groups in total. The third kappa shape index (κ3) is 2.77. The van der Waals surface area contributed by atoms with Gasteiger partial charge in [0.1, 0.15) is 11.8 Å². The van der Waals surface area contributed by atoms with Gasteiger partial charge in [-0.1, -0.05) is 24.3 Å². The molecule has 6 heteroatoms. The largest absolute Gasteiger partial charge is 0.496 e. The summed E-state index contributed by atoms with van der Waals surface area (Å²) in [6, 6.07) is 13.0. The van der Waals surface area contributed by atoms with Crippen molar-refractivity contribution in [1.82, 2.24) is 4.90 Å². The van der Waals surface area contributed by atoms with Crippen LogP contribution < -0.4 is 9.64 Å². The molecule has 2 aliphatic rings. The number of imide groups is 1. The van der Waals surface area contributed by atoms with Gasteiger partial charge in [-0.2, -0.15) is 0 Å². The summed E-state index contributed by atoms with van der Waals surface area (Å²) in [5.74, 6) is -0.642. The average Bonchev–Trinajstić information content (AvgIpc) is 2.82. The summed E-state index contributed by atoms with van der Waals surface area (Å²) in [5.41, 5.74) is 0.996. The van der Waals surface area contributed by atoms with E-state index in [4.69, 9.17) is 4.74 Å². The standard InChI is InChI=1S/C21H20N2O4/c1-27-18-12-5-3-9-15(18)20(25)23-16-10-4-2-8-14(16)19(24)22-13-7-6-11-17(22)21(23)26/h2-5,8-10,12,17H,6-7,11,13H2,1H3/t17-/m0/s1. The Morgan fingerprint density at radius 3 is 2.59 bits per heavy atom. The molecule has 0 bridgehead atoms. The van der Waals surface area contributed by atoms with E-state index in [0.717, 1.165) is 17.7 Å². The first kappa shape index (κ1) is 17.3. The van der Waals surface area contributed by atoms with Crippen LogP contribution in [0.5, 0.6) is 5.75 Å². The third-order valence-corrected chi connectivity index (χ3v) is 5.18. The van der Waals surface area contributed by atoms with Crippen LogP contribution in [0, 0.1) is 0 Å². The number of piperidine rings is 1. The monoisotopic (exact) mass is 364 g/mol. The normalized spacial score (nSPS) is 19.2. The number of carbonyl (C=O) groups excluding carboxylic acids is 3. The Hall–Kier alpha value is -3.15. The zero-order valence-corrected chi connectivity index (χ0v) is 15.1. The summed E-state index contributed by atoms with van der Waals surface area (Å²) in [6.45, 7) is 0.528. The lowest BCUT2D eigenvalue weighted by atomic mass is 10.0. The van der Waals surface area contributed by atoms with Gasteiger partial charge in [0.2, 0.25) is 0 Å². The van der Waals surface area contributed by atoms with Crippen molar-refractivity contribution in [2.24, 2.45) is 0 Å². The number of hydrogen-bond acceptors (Lipinski definition) is 4. The van der Waals surface area contributed by atoms with Crippen LogP contribution in [0.25, 0.3) is 0 Å². The van der Waals surface area contributed by atoms with Gasteiger partial charge >= 0.3 is 0 Å². The molecule has 0 radical (unpaired) electrons. The minimum atomic E-state index is -0.614. The van der Waals surface area contributed by atoms with Gasteiger partial charge in [-0.05, 0) is 43.5 Å². The summed E-state index contributed by atoms with van der Waals surface area (Å²) < 4.78 is 5.30. The Morgan fingerprint density at radius 2 is 1.78 bits per heavy atom. The maximum atomic E-state index is 13.4. The number of ether oxygens (including phenoxy) is 1. The van der Waals surface area contributed by atoms with Crippen LogP contribution in [0.15, 0.2) is 48.5 Å². The Kier molecular flexibility index (Phi) is 4.39. The second-order valence-electron chi connectivity index (χ2n) is 6.71. The topological polar surface area (TPSA) is 66.9 Å². The van der Waals surface area contributed by atoms with Crippen LogP contribution in [0.3, 0.4) is 0 Å². The molecule has 0 spiro atoms. The van der Waals surface area contributed by atoms with Gasteiger partial charge in [-0.15, -0.1) is 0 Å². The number of anilines is 1. The van der Waals surface area contributed by atoms with Crippen LogP contribution >= 0.6 is 0 Å². The van der Waals surface area contributed by atoms with E-state index in [1.54, 1.807) is 53.4 Å². The molecule has 0 saturated carbocycles. The second-order valence-corrected chi connectivity index (χ2v) is 6.71. The van der Waals surface area contributed by atoms with Gasteiger partial charge in [0, 0.05) is 6.54 Å². The number of fused-ring (bicyclic) bond motifs is 2. The Bertz CT molecular complexity index is 924. The number of benzene rings is 2. The van der Waals surface area contributed by atoms with Crippen LogP contribution in [-0.2, 0) is 4.79 Å². The van der Waals surface area contributed by atoms with Gasteiger partial charge in [0.25, 0.3) is 17.7 Å². The average molecular weight is 364 g/mol. The number of rotatable bonds is 2. The summed E-state index contributed by atoms with van der Waals surface area (Å²) in [4.78, 5) is 42.6. The van der Waals surface area contributed by atoms with E-state index in [9.17, 15) is 14.4 Å². The maximum absolute atomic E-state index is 13.4. The lowest BCUT2D eigenvalue weighted by Gasteiger charge is -2.34. The zero-order valence-electron chi connectivity index (χ0n) is 15.1. The first-order valence-corrected chi connectivity index (χ1v) is 9.05. The minimum absolute atomic E-state index is 0.195. The predicted molar refractivity (Wildman–Crippen MR) is 99.9 cm³/mol. The van der Waals surface area contributed by atoms with E-state index >= 15 is 0 Å². The molecule has 2 aliphatic heterocycles. The third-order valence-electron chi connectivity index (χ3n) is 5.18. The summed E-state index contributed by atoms with van der Waals surface area (Å²) >= 11 is 0. The zero-order chi connectivity index (χ0) is 19.0. The van der Waals surface area contributed by atoms with E-state index in [-0.39, 0.29) is 11.8 Å². The molecule has 138 valence electrons. The molecule has 2 aromatic carbocycles. The summed E-state index contributed by atoms with van der Waals surface area (Å²) in [7, 11) is 1.48. The van der Waals surface area contributed by atoms with Gasteiger partial charge in [-0.25, -0.2) is 4.90 Å². The van der Waals surface area contributed by atoms with Gasteiger partial charge in [0.15, 0.2) is 0 Å².